The third kappa shape index (κ3) is 6.67. The minimum Gasteiger partial charge on any atom is -0.384 e. The van der Waals surface area contributed by atoms with E-state index in [0.717, 1.165) is 50.8 Å². The van der Waals surface area contributed by atoms with Crippen molar-refractivity contribution in [1.82, 2.24) is 10.2 Å². The molecular formula is C19H31F3N4. The van der Waals surface area contributed by atoms with Gasteiger partial charge in [-0.2, -0.15) is 13.2 Å². The van der Waals surface area contributed by atoms with Gasteiger partial charge in [-0.15, -0.1) is 0 Å². The summed E-state index contributed by atoms with van der Waals surface area (Å²) >= 11 is 0. The van der Waals surface area contributed by atoms with Crippen molar-refractivity contribution in [2.45, 2.75) is 57.7 Å². The third-order valence-corrected chi connectivity index (χ3v) is 5.42. The maximum absolute atomic E-state index is 13.4. The highest BCUT2D eigenvalue weighted by molar-refractivity contribution is 5.75. The first kappa shape index (κ1) is 20.8. The maximum atomic E-state index is 13.4. The molecule has 1 saturated carbocycles. The van der Waals surface area contributed by atoms with Crippen molar-refractivity contribution in [3.05, 3.63) is 23.5 Å². The molecule has 0 aromatic rings. The van der Waals surface area contributed by atoms with E-state index in [-0.39, 0.29) is 11.7 Å². The van der Waals surface area contributed by atoms with Gasteiger partial charge in [0, 0.05) is 38.1 Å². The largest absolute Gasteiger partial charge is 0.417 e. The van der Waals surface area contributed by atoms with Gasteiger partial charge in [-0.1, -0.05) is 6.92 Å². The van der Waals surface area contributed by atoms with E-state index in [1.165, 1.54) is 6.20 Å². The summed E-state index contributed by atoms with van der Waals surface area (Å²) in [5.41, 5.74) is 5.38. The maximum Gasteiger partial charge on any atom is 0.417 e. The van der Waals surface area contributed by atoms with Crippen molar-refractivity contribution in [1.29, 1.82) is 5.41 Å². The number of halogens is 3. The molecule has 0 aromatic heterocycles. The van der Waals surface area contributed by atoms with Crippen LogP contribution >= 0.6 is 0 Å². The molecule has 2 rings (SSSR count). The lowest BCUT2D eigenvalue weighted by atomic mass is 9.86. The molecular weight excluding hydrogens is 341 g/mol. The zero-order valence-corrected chi connectivity index (χ0v) is 15.5. The summed E-state index contributed by atoms with van der Waals surface area (Å²) in [6.07, 6.45) is 4.48. The molecule has 0 unspecified atom stereocenters. The van der Waals surface area contributed by atoms with Gasteiger partial charge in [0.1, 0.15) is 0 Å². The lowest BCUT2D eigenvalue weighted by Crippen LogP contribution is -2.32. The first-order valence-electron chi connectivity index (χ1n) is 9.52. The molecule has 1 aliphatic heterocycles. The Balaban J connectivity index is 2.01. The number of nitrogens with two attached hydrogens (primary N) is 1. The van der Waals surface area contributed by atoms with Crippen LogP contribution in [-0.4, -0.2) is 43.0 Å². The minimum atomic E-state index is -4.43. The Hall–Kier alpha value is -1.50. The highest BCUT2D eigenvalue weighted by Crippen LogP contribution is 2.29. The van der Waals surface area contributed by atoms with Crippen LogP contribution in [0.25, 0.3) is 0 Å². The van der Waals surface area contributed by atoms with Crippen molar-refractivity contribution in [2.75, 3.05) is 19.6 Å². The van der Waals surface area contributed by atoms with Crippen LogP contribution in [0.2, 0.25) is 0 Å². The second-order valence-electron chi connectivity index (χ2n) is 7.71. The molecule has 1 heterocycles. The SMILES string of the molecule is CC1CCN(/C=C(/C=C(\C=N)NCC2CCC(N)CC2)C(F)(F)F)CC1. The zero-order chi connectivity index (χ0) is 19.2. The first-order chi connectivity index (χ1) is 12.3. The second kappa shape index (κ2) is 9.44. The molecule has 26 heavy (non-hydrogen) atoms. The Morgan fingerprint density at radius 2 is 1.77 bits per heavy atom. The summed E-state index contributed by atoms with van der Waals surface area (Å²) in [6, 6.07) is 0.246. The number of piperidine rings is 1. The number of nitrogens with zero attached hydrogens (tertiary/aromatic N) is 1. The molecule has 1 aliphatic carbocycles. The van der Waals surface area contributed by atoms with Gasteiger partial charge in [0.25, 0.3) is 0 Å². The summed E-state index contributed by atoms with van der Waals surface area (Å²) in [7, 11) is 0. The molecule has 0 amide bonds. The monoisotopic (exact) mass is 372 g/mol. The summed E-state index contributed by atoms with van der Waals surface area (Å²) in [4.78, 5) is 1.74. The number of likely N-dealkylation sites (tertiary alicyclic amines) is 1. The predicted octanol–water partition coefficient (Wildman–Crippen LogP) is 3.81. The van der Waals surface area contributed by atoms with Crippen molar-refractivity contribution in [3.8, 4) is 0 Å². The van der Waals surface area contributed by atoms with Gasteiger partial charge in [0.2, 0.25) is 0 Å². The van der Waals surface area contributed by atoms with Crippen molar-refractivity contribution in [2.24, 2.45) is 17.6 Å². The van der Waals surface area contributed by atoms with E-state index < -0.39 is 11.7 Å². The molecule has 0 bridgehead atoms. The lowest BCUT2D eigenvalue weighted by molar-refractivity contribution is -0.0894. The van der Waals surface area contributed by atoms with Crippen LogP contribution in [0.15, 0.2) is 23.5 Å². The third-order valence-electron chi connectivity index (χ3n) is 5.42. The highest BCUT2D eigenvalue weighted by Gasteiger charge is 2.33. The van der Waals surface area contributed by atoms with Gasteiger partial charge in [-0.3, -0.25) is 0 Å². The molecule has 4 nitrogen and oxygen atoms in total. The second-order valence-corrected chi connectivity index (χ2v) is 7.71. The van der Waals surface area contributed by atoms with Gasteiger partial charge in [-0.05, 0) is 56.4 Å². The standard InChI is InChI=1S/C19H31F3N4/c1-14-6-8-26(9-7-14)13-16(19(20,21)22)10-18(11-23)25-12-15-2-4-17(24)5-3-15/h10-11,13-15,17,23,25H,2-9,12,24H2,1H3/b16-13-,18-10+,23-11?. The number of nitrogens with one attached hydrogen (secondary N) is 2. The Labute approximate surface area is 154 Å². The number of allylic oxidation sites excluding steroid dienone is 3. The fourth-order valence-corrected chi connectivity index (χ4v) is 3.51. The Bertz CT molecular complexity index is 511. The molecule has 4 N–H and O–H groups in total. The average Bonchev–Trinajstić information content (AvgIpc) is 2.60. The van der Waals surface area contributed by atoms with E-state index >= 15 is 0 Å². The normalized spacial score (nSPS) is 26.7. The van der Waals surface area contributed by atoms with Crippen LogP contribution in [0.5, 0.6) is 0 Å². The summed E-state index contributed by atoms with van der Waals surface area (Å²) < 4.78 is 40.3. The lowest BCUT2D eigenvalue weighted by Gasteiger charge is -2.30. The number of hydrogen-bond acceptors (Lipinski definition) is 4. The molecule has 2 fully saturated rings. The summed E-state index contributed by atoms with van der Waals surface area (Å²) in [6.45, 7) is 4.00. The topological polar surface area (TPSA) is 65.1 Å². The average molecular weight is 372 g/mol. The van der Waals surface area contributed by atoms with Gasteiger partial charge in [0.15, 0.2) is 0 Å². The van der Waals surface area contributed by atoms with Gasteiger partial charge < -0.3 is 21.4 Å². The van der Waals surface area contributed by atoms with Crippen LogP contribution < -0.4 is 11.1 Å². The van der Waals surface area contributed by atoms with E-state index in [0.29, 0.717) is 31.5 Å². The number of hydrogen-bond donors (Lipinski definition) is 3. The summed E-state index contributed by atoms with van der Waals surface area (Å²) in [5.74, 6) is 0.965. The predicted molar refractivity (Wildman–Crippen MR) is 98.9 cm³/mol. The molecule has 0 atom stereocenters. The van der Waals surface area contributed by atoms with E-state index in [4.69, 9.17) is 11.1 Å². The molecule has 0 spiro atoms. The molecule has 148 valence electrons. The molecule has 0 aromatic carbocycles. The van der Waals surface area contributed by atoms with Crippen LogP contribution in [0, 0.1) is 17.2 Å². The van der Waals surface area contributed by atoms with Crippen molar-refractivity contribution < 1.29 is 13.2 Å². The van der Waals surface area contributed by atoms with Gasteiger partial charge in [-0.25, -0.2) is 0 Å². The van der Waals surface area contributed by atoms with Crippen molar-refractivity contribution in [3.63, 3.8) is 0 Å². The van der Waals surface area contributed by atoms with Crippen molar-refractivity contribution >= 4 is 6.21 Å². The quantitative estimate of drug-likeness (QED) is 0.491. The number of alkyl halides is 3. The molecule has 7 heteroatoms. The molecule has 1 saturated heterocycles. The van der Waals surface area contributed by atoms with E-state index in [9.17, 15) is 13.2 Å². The highest BCUT2D eigenvalue weighted by atomic mass is 19.4. The van der Waals surface area contributed by atoms with E-state index in [1.54, 1.807) is 4.90 Å². The van der Waals surface area contributed by atoms with Crippen LogP contribution in [0.4, 0.5) is 13.2 Å². The van der Waals surface area contributed by atoms with Crippen LogP contribution in [0.3, 0.4) is 0 Å². The first-order valence-corrected chi connectivity index (χ1v) is 9.52. The summed E-state index contributed by atoms with van der Waals surface area (Å²) in [5, 5.41) is 10.5. The zero-order valence-electron chi connectivity index (χ0n) is 15.5. The van der Waals surface area contributed by atoms with E-state index in [2.05, 4.69) is 12.2 Å². The fraction of sp³-hybridized carbons (Fsp3) is 0.737. The number of rotatable bonds is 6. The van der Waals surface area contributed by atoms with E-state index in [1.807, 2.05) is 0 Å². The Kier molecular flexibility index (Phi) is 7.55. The molecule has 2 aliphatic rings. The Morgan fingerprint density at radius 1 is 1.15 bits per heavy atom. The van der Waals surface area contributed by atoms with Gasteiger partial charge >= 0.3 is 6.18 Å². The van der Waals surface area contributed by atoms with Crippen LogP contribution in [0.1, 0.15) is 45.4 Å². The van der Waals surface area contributed by atoms with Crippen LogP contribution in [-0.2, 0) is 0 Å². The van der Waals surface area contributed by atoms with Gasteiger partial charge in [0.05, 0.1) is 11.3 Å². The Morgan fingerprint density at radius 3 is 2.31 bits per heavy atom. The minimum absolute atomic E-state index is 0.203. The fourth-order valence-electron chi connectivity index (χ4n) is 3.51. The molecule has 0 radical (unpaired) electrons. The smallest absolute Gasteiger partial charge is 0.384 e.